The lowest BCUT2D eigenvalue weighted by Crippen LogP contribution is -2.35. The lowest BCUT2D eigenvalue weighted by atomic mass is 10.1. The van der Waals surface area contributed by atoms with Crippen molar-refractivity contribution in [1.82, 2.24) is 4.90 Å². The first-order chi connectivity index (χ1) is 11.0. The summed E-state index contributed by atoms with van der Waals surface area (Å²) in [5.41, 5.74) is 0.796. The van der Waals surface area contributed by atoms with Gasteiger partial charge < -0.3 is 24.2 Å². The number of rotatable bonds is 9. The van der Waals surface area contributed by atoms with Crippen LogP contribution < -0.4 is 14.2 Å². The number of aliphatic carboxylic acids is 1. The fourth-order valence-corrected chi connectivity index (χ4v) is 2.30. The molecular formula is C16H23NO6. The van der Waals surface area contributed by atoms with Gasteiger partial charge >= 0.3 is 5.97 Å². The Hall–Kier alpha value is -2.44. The molecule has 0 spiro atoms. The SMILES string of the molecule is CCN(CC(=O)O)C(=O)CCc1ccc(OC)c(OC)c1OC. The highest BCUT2D eigenvalue weighted by molar-refractivity contribution is 5.81. The molecule has 0 unspecified atom stereocenters. The van der Waals surface area contributed by atoms with Crippen LogP contribution in [0.15, 0.2) is 12.1 Å². The van der Waals surface area contributed by atoms with E-state index in [9.17, 15) is 9.59 Å². The minimum absolute atomic E-state index is 0.187. The number of benzene rings is 1. The Labute approximate surface area is 135 Å². The normalized spacial score (nSPS) is 10.1. The van der Waals surface area contributed by atoms with Gasteiger partial charge in [0, 0.05) is 13.0 Å². The van der Waals surface area contributed by atoms with E-state index in [1.165, 1.54) is 26.2 Å². The second kappa shape index (κ2) is 8.87. The Kier molecular flexibility index (Phi) is 7.18. The highest BCUT2D eigenvalue weighted by atomic mass is 16.5. The van der Waals surface area contributed by atoms with Gasteiger partial charge in [0.1, 0.15) is 6.54 Å². The Morgan fingerprint density at radius 3 is 2.22 bits per heavy atom. The van der Waals surface area contributed by atoms with Crippen molar-refractivity contribution in [3.8, 4) is 17.2 Å². The molecular weight excluding hydrogens is 302 g/mol. The van der Waals surface area contributed by atoms with E-state index < -0.39 is 5.97 Å². The fourth-order valence-electron chi connectivity index (χ4n) is 2.30. The lowest BCUT2D eigenvalue weighted by Gasteiger charge is -2.19. The van der Waals surface area contributed by atoms with Gasteiger partial charge in [0.05, 0.1) is 21.3 Å². The topological polar surface area (TPSA) is 85.3 Å². The van der Waals surface area contributed by atoms with E-state index in [1.807, 2.05) is 0 Å². The molecule has 7 heteroatoms. The molecule has 0 saturated heterocycles. The maximum Gasteiger partial charge on any atom is 0.323 e. The number of nitrogens with zero attached hydrogens (tertiary/aromatic N) is 1. The first-order valence-corrected chi connectivity index (χ1v) is 7.25. The molecule has 0 aromatic heterocycles. The maximum atomic E-state index is 12.1. The van der Waals surface area contributed by atoms with Gasteiger partial charge in [-0.15, -0.1) is 0 Å². The fraction of sp³-hybridized carbons (Fsp3) is 0.500. The third-order valence-corrected chi connectivity index (χ3v) is 3.45. The first kappa shape index (κ1) is 18.6. The van der Waals surface area contributed by atoms with Crippen molar-refractivity contribution < 1.29 is 28.9 Å². The molecule has 1 amide bonds. The van der Waals surface area contributed by atoms with Crippen LogP contribution in [0, 0.1) is 0 Å². The highest BCUT2D eigenvalue weighted by Crippen LogP contribution is 2.40. The van der Waals surface area contributed by atoms with Crippen molar-refractivity contribution in [2.24, 2.45) is 0 Å². The molecule has 0 saturated carbocycles. The molecule has 1 aromatic carbocycles. The zero-order valence-electron chi connectivity index (χ0n) is 13.9. The molecule has 1 rings (SSSR count). The number of hydrogen-bond acceptors (Lipinski definition) is 5. The summed E-state index contributed by atoms with van der Waals surface area (Å²) in [6, 6.07) is 3.55. The molecule has 1 aromatic rings. The molecule has 0 aliphatic rings. The average Bonchev–Trinajstić information content (AvgIpc) is 2.55. The van der Waals surface area contributed by atoms with Gasteiger partial charge in [-0.1, -0.05) is 6.07 Å². The molecule has 0 bridgehead atoms. The second-order valence-electron chi connectivity index (χ2n) is 4.80. The van der Waals surface area contributed by atoms with Crippen molar-refractivity contribution >= 4 is 11.9 Å². The molecule has 0 radical (unpaired) electrons. The molecule has 23 heavy (non-hydrogen) atoms. The van der Waals surface area contributed by atoms with Crippen LogP contribution in [0.4, 0.5) is 0 Å². The van der Waals surface area contributed by atoms with E-state index in [4.69, 9.17) is 19.3 Å². The number of likely N-dealkylation sites (N-methyl/N-ethyl adjacent to an activating group) is 1. The number of carbonyl (C=O) groups is 2. The number of ether oxygens (including phenoxy) is 3. The number of hydrogen-bond donors (Lipinski definition) is 1. The number of methoxy groups -OCH3 is 3. The smallest absolute Gasteiger partial charge is 0.323 e. The Bertz CT molecular complexity index is 558. The van der Waals surface area contributed by atoms with Gasteiger partial charge in [0.2, 0.25) is 11.7 Å². The summed E-state index contributed by atoms with van der Waals surface area (Å²) in [5, 5.41) is 8.81. The first-order valence-electron chi connectivity index (χ1n) is 7.25. The van der Waals surface area contributed by atoms with Crippen molar-refractivity contribution in [3.63, 3.8) is 0 Å². The summed E-state index contributed by atoms with van der Waals surface area (Å²) in [7, 11) is 4.57. The summed E-state index contributed by atoms with van der Waals surface area (Å²) in [6.45, 7) is 1.81. The largest absolute Gasteiger partial charge is 0.493 e. The standard InChI is InChI=1S/C16H23NO6/c1-5-17(10-14(19)20)13(18)9-7-11-6-8-12(21-2)16(23-4)15(11)22-3/h6,8H,5,7,9-10H2,1-4H3,(H,19,20). The Morgan fingerprint density at radius 2 is 1.74 bits per heavy atom. The number of carboxylic acid groups (broad SMARTS) is 1. The van der Waals surface area contributed by atoms with Gasteiger partial charge in [-0.05, 0) is 25.0 Å². The number of carboxylic acids is 1. The van der Waals surface area contributed by atoms with E-state index >= 15 is 0 Å². The molecule has 1 N–H and O–H groups in total. The van der Waals surface area contributed by atoms with E-state index in [1.54, 1.807) is 19.1 Å². The third-order valence-electron chi connectivity index (χ3n) is 3.45. The molecule has 0 heterocycles. The minimum Gasteiger partial charge on any atom is -0.493 e. The zero-order chi connectivity index (χ0) is 17.4. The summed E-state index contributed by atoms with van der Waals surface area (Å²) in [5.74, 6) is 0.287. The minimum atomic E-state index is -1.02. The van der Waals surface area contributed by atoms with Gasteiger partial charge in [0.25, 0.3) is 0 Å². The van der Waals surface area contributed by atoms with Crippen molar-refractivity contribution in [3.05, 3.63) is 17.7 Å². The summed E-state index contributed by atoms with van der Waals surface area (Å²) in [6.07, 6.45) is 0.603. The van der Waals surface area contributed by atoms with Crippen LogP contribution in [0.1, 0.15) is 18.9 Å². The van der Waals surface area contributed by atoms with Crippen LogP contribution in [0.25, 0.3) is 0 Å². The predicted octanol–water partition coefficient (Wildman–Crippen LogP) is 1.58. The van der Waals surface area contributed by atoms with Gasteiger partial charge in [-0.25, -0.2) is 0 Å². The summed E-state index contributed by atoms with van der Waals surface area (Å²) < 4.78 is 15.9. The summed E-state index contributed by atoms with van der Waals surface area (Å²) in [4.78, 5) is 24.2. The molecule has 7 nitrogen and oxygen atoms in total. The van der Waals surface area contributed by atoms with Gasteiger partial charge in [-0.3, -0.25) is 9.59 Å². The van der Waals surface area contributed by atoms with Crippen molar-refractivity contribution in [1.29, 1.82) is 0 Å². The Morgan fingerprint density at radius 1 is 1.09 bits per heavy atom. The maximum absolute atomic E-state index is 12.1. The molecule has 0 aliphatic heterocycles. The Balaban J connectivity index is 2.89. The van der Waals surface area contributed by atoms with Crippen LogP contribution in [0.2, 0.25) is 0 Å². The van der Waals surface area contributed by atoms with E-state index in [0.717, 1.165) is 5.56 Å². The molecule has 128 valence electrons. The quantitative estimate of drug-likeness (QED) is 0.742. The third kappa shape index (κ3) is 4.77. The van der Waals surface area contributed by atoms with Crippen LogP contribution in [0.3, 0.4) is 0 Å². The number of carbonyl (C=O) groups excluding carboxylic acids is 1. The monoisotopic (exact) mass is 325 g/mol. The predicted molar refractivity (Wildman–Crippen MR) is 84.3 cm³/mol. The van der Waals surface area contributed by atoms with Crippen LogP contribution in [-0.2, 0) is 16.0 Å². The average molecular weight is 325 g/mol. The van der Waals surface area contributed by atoms with E-state index in [-0.39, 0.29) is 18.9 Å². The van der Waals surface area contributed by atoms with Gasteiger partial charge in [0.15, 0.2) is 11.5 Å². The molecule has 0 fully saturated rings. The molecule has 0 aliphatic carbocycles. The molecule has 0 atom stereocenters. The van der Waals surface area contributed by atoms with Crippen LogP contribution in [-0.4, -0.2) is 56.3 Å². The van der Waals surface area contributed by atoms with Crippen molar-refractivity contribution in [2.75, 3.05) is 34.4 Å². The highest BCUT2D eigenvalue weighted by Gasteiger charge is 2.19. The second-order valence-corrected chi connectivity index (χ2v) is 4.80. The zero-order valence-corrected chi connectivity index (χ0v) is 13.9. The number of aryl methyl sites for hydroxylation is 1. The summed E-state index contributed by atoms with van der Waals surface area (Å²) >= 11 is 0. The lowest BCUT2D eigenvalue weighted by molar-refractivity contribution is -0.144. The van der Waals surface area contributed by atoms with E-state index in [0.29, 0.717) is 30.2 Å². The van der Waals surface area contributed by atoms with Crippen molar-refractivity contribution in [2.45, 2.75) is 19.8 Å². The van der Waals surface area contributed by atoms with E-state index in [2.05, 4.69) is 0 Å². The van der Waals surface area contributed by atoms with Crippen LogP contribution >= 0.6 is 0 Å². The van der Waals surface area contributed by atoms with Crippen LogP contribution in [0.5, 0.6) is 17.2 Å². The number of amides is 1. The van der Waals surface area contributed by atoms with Gasteiger partial charge in [-0.2, -0.15) is 0 Å².